The van der Waals surface area contributed by atoms with E-state index in [1.165, 1.54) is 0 Å². The fourth-order valence-corrected chi connectivity index (χ4v) is 2.61. The highest BCUT2D eigenvalue weighted by Gasteiger charge is 2.17. The Kier molecular flexibility index (Phi) is 5.60. The maximum absolute atomic E-state index is 6.29. The van der Waals surface area contributed by atoms with Crippen molar-refractivity contribution in [3.63, 3.8) is 0 Å². The van der Waals surface area contributed by atoms with Crippen LogP contribution in [0.4, 0.5) is 0 Å². The lowest BCUT2D eigenvalue weighted by Crippen LogP contribution is -2.20. The van der Waals surface area contributed by atoms with Gasteiger partial charge in [-0.1, -0.05) is 39.7 Å². The molecule has 0 aliphatic rings. The van der Waals surface area contributed by atoms with Gasteiger partial charge < -0.3 is 10.5 Å². The first-order valence-corrected chi connectivity index (χ1v) is 7.49. The second kappa shape index (κ2) is 7.22. The lowest BCUT2D eigenvalue weighted by atomic mass is 10.0. The fraction of sp³-hybridized carbons (Fsp3) is 0.357. The van der Waals surface area contributed by atoms with Gasteiger partial charge in [-0.15, -0.1) is 0 Å². The average molecular weight is 359 g/mol. The van der Waals surface area contributed by atoms with Gasteiger partial charge in [0, 0.05) is 11.6 Å². The molecule has 2 N–H and O–H groups in total. The molecule has 108 valence electrons. The Morgan fingerprint density at radius 2 is 2.10 bits per heavy atom. The van der Waals surface area contributed by atoms with Crippen molar-refractivity contribution >= 4 is 27.5 Å². The quantitative estimate of drug-likeness (QED) is 0.863. The van der Waals surface area contributed by atoms with Crippen LogP contribution >= 0.6 is 27.5 Å². The van der Waals surface area contributed by atoms with E-state index in [0.29, 0.717) is 24.6 Å². The summed E-state index contributed by atoms with van der Waals surface area (Å²) in [5.74, 6) is 0. The summed E-state index contributed by atoms with van der Waals surface area (Å²) in [5.41, 5.74) is 8.30. The van der Waals surface area contributed by atoms with Crippen molar-refractivity contribution in [1.29, 1.82) is 0 Å². The van der Waals surface area contributed by atoms with Crippen LogP contribution in [0.2, 0.25) is 5.02 Å². The zero-order valence-electron chi connectivity index (χ0n) is 11.2. The summed E-state index contributed by atoms with van der Waals surface area (Å²) >= 11 is 9.62. The van der Waals surface area contributed by atoms with Crippen LogP contribution in [0.3, 0.4) is 0 Å². The number of halogens is 2. The molecular formula is C14H17BrClN3O. The minimum atomic E-state index is -0.192. The van der Waals surface area contributed by atoms with Crippen molar-refractivity contribution in [1.82, 2.24) is 9.78 Å². The molecule has 1 aromatic heterocycles. The molecule has 0 fully saturated rings. The predicted octanol–water partition coefficient (Wildman–Crippen LogP) is 3.19. The maximum Gasteiger partial charge on any atom is 0.0834 e. The monoisotopic (exact) mass is 357 g/mol. The van der Waals surface area contributed by atoms with Gasteiger partial charge in [-0.25, -0.2) is 0 Å². The van der Waals surface area contributed by atoms with Crippen LogP contribution in [-0.2, 0) is 17.7 Å². The predicted molar refractivity (Wildman–Crippen MR) is 83.9 cm³/mol. The standard InChI is InChI=1S/C14H17BrClN3O/c1-20-7-6-19-14(12(16)9-18-19)13(17)8-10-2-4-11(15)5-3-10/h2-5,9,13H,6-8,17H2,1H3. The molecular weight excluding hydrogens is 342 g/mol. The third kappa shape index (κ3) is 3.82. The zero-order valence-corrected chi connectivity index (χ0v) is 13.6. The van der Waals surface area contributed by atoms with Crippen molar-refractivity contribution in [2.24, 2.45) is 5.73 Å². The molecule has 1 aromatic carbocycles. The maximum atomic E-state index is 6.29. The van der Waals surface area contributed by atoms with Crippen LogP contribution in [-0.4, -0.2) is 23.5 Å². The minimum absolute atomic E-state index is 0.192. The molecule has 1 atom stereocenters. The van der Waals surface area contributed by atoms with Gasteiger partial charge in [0.2, 0.25) is 0 Å². The average Bonchev–Trinajstić information content (AvgIpc) is 2.80. The number of rotatable bonds is 6. The lowest BCUT2D eigenvalue weighted by molar-refractivity contribution is 0.182. The number of aromatic nitrogens is 2. The topological polar surface area (TPSA) is 53.1 Å². The first kappa shape index (κ1) is 15.5. The van der Waals surface area contributed by atoms with Crippen molar-refractivity contribution in [2.45, 2.75) is 19.0 Å². The second-order valence-electron chi connectivity index (χ2n) is 4.53. The van der Waals surface area contributed by atoms with E-state index in [2.05, 4.69) is 21.0 Å². The molecule has 0 aliphatic heterocycles. The Hall–Kier alpha value is -0.880. The molecule has 0 saturated heterocycles. The molecule has 0 saturated carbocycles. The molecule has 6 heteroatoms. The summed E-state index contributed by atoms with van der Waals surface area (Å²) in [6.45, 7) is 1.22. The summed E-state index contributed by atoms with van der Waals surface area (Å²) in [4.78, 5) is 0. The first-order valence-electron chi connectivity index (χ1n) is 6.32. The highest BCUT2D eigenvalue weighted by molar-refractivity contribution is 9.10. The molecule has 1 unspecified atom stereocenters. The molecule has 0 aliphatic carbocycles. The van der Waals surface area contributed by atoms with E-state index >= 15 is 0 Å². The summed E-state index contributed by atoms with van der Waals surface area (Å²) < 4.78 is 7.94. The number of benzene rings is 1. The number of hydrogen-bond acceptors (Lipinski definition) is 3. The summed E-state index contributed by atoms with van der Waals surface area (Å²) in [6, 6.07) is 7.92. The van der Waals surface area contributed by atoms with Crippen LogP contribution in [0.5, 0.6) is 0 Å². The molecule has 2 rings (SSSR count). The summed E-state index contributed by atoms with van der Waals surface area (Å²) in [7, 11) is 1.66. The zero-order chi connectivity index (χ0) is 14.5. The van der Waals surface area contributed by atoms with Gasteiger partial charge in [0.05, 0.1) is 36.1 Å². The Bertz CT molecular complexity index is 556. The normalized spacial score (nSPS) is 12.6. The van der Waals surface area contributed by atoms with Gasteiger partial charge >= 0.3 is 0 Å². The van der Waals surface area contributed by atoms with Crippen molar-refractivity contribution in [3.8, 4) is 0 Å². The van der Waals surface area contributed by atoms with Crippen molar-refractivity contribution in [2.75, 3.05) is 13.7 Å². The molecule has 20 heavy (non-hydrogen) atoms. The number of methoxy groups -OCH3 is 1. The van der Waals surface area contributed by atoms with Crippen molar-refractivity contribution < 1.29 is 4.74 Å². The van der Waals surface area contributed by atoms with Gasteiger partial charge in [-0.3, -0.25) is 4.68 Å². The first-order chi connectivity index (χ1) is 9.61. The van der Waals surface area contributed by atoms with Gasteiger partial charge in [-0.05, 0) is 24.1 Å². The molecule has 2 aromatic rings. The Morgan fingerprint density at radius 3 is 2.75 bits per heavy atom. The number of nitrogens with zero attached hydrogens (tertiary/aromatic N) is 2. The second-order valence-corrected chi connectivity index (χ2v) is 5.85. The van der Waals surface area contributed by atoms with E-state index < -0.39 is 0 Å². The number of hydrogen-bond donors (Lipinski definition) is 1. The van der Waals surface area contributed by atoms with Crippen LogP contribution in [0.1, 0.15) is 17.3 Å². The van der Waals surface area contributed by atoms with Crippen molar-refractivity contribution in [3.05, 3.63) is 51.2 Å². The minimum Gasteiger partial charge on any atom is -0.383 e. The van der Waals surface area contributed by atoms with E-state index in [0.717, 1.165) is 15.7 Å². The number of ether oxygens (including phenoxy) is 1. The Morgan fingerprint density at radius 1 is 1.40 bits per heavy atom. The SMILES string of the molecule is COCCn1ncc(Cl)c1C(N)Cc1ccc(Br)cc1. The molecule has 4 nitrogen and oxygen atoms in total. The smallest absolute Gasteiger partial charge is 0.0834 e. The van der Waals surface area contributed by atoms with Crippen LogP contribution < -0.4 is 5.73 Å². The molecule has 1 heterocycles. The molecule has 0 spiro atoms. The van der Waals surface area contributed by atoms with Gasteiger partial charge in [0.15, 0.2) is 0 Å². The molecule has 0 radical (unpaired) electrons. The van der Waals surface area contributed by atoms with E-state index in [1.54, 1.807) is 13.3 Å². The lowest BCUT2D eigenvalue weighted by Gasteiger charge is -2.15. The number of nitrogens with two attached hydrogens (primary N) is 1. The highest BCUT2D eigenvalue weighted by Crippen LogP contribution is 2.24. The van der Waals surface area contributed by atoms with Crippen LogP contribution in [0.15, 0.2) is 34.9 Å². The summed E-state index contributed by atoms with van der Waals surface area (Å²) in [6.07, 6.45) is 2.35. The Balaban J connectivity index is 2.13. The van der Waals surface area contributed by atoms with E-state index in [9.17, 15) is 0 Å². The van der Waals surface area contributed by atoms with Gasteiger partial charge in [-0.2, -0.15) is 5.10 Å². The molecule has 0 bridgehead atoms. The molecule has 0 amide bonds. The third-order valence-corrected chi connectivity index (χ3v) is 3.88. The fourth-order valence-electron chi connectivity index (χ4n) is 2.07. The Labute approximate surface area is 132 Å². The van der Waals surface area contributed by atoms with Gasteiger partial charge in [0.25, 0.3) is 0 Å². The van der Waals surface area contributed by atoms with E-state index in [-0.39, 0.29) is 6.04 Å². The van der Waals surface area contributed by atoms with Crippen LogP contribution in [0.25, 0.3) is 0 Å². The van der Waals surface area contributed by atoms with E-state index in [4.69, 9.17) is 22.1 Å². The van der Waals surface area contributed by atoms with Gasteiger partial charge in [0.1, 0.15) is 0 Å². The van der Waals surface area contributed by atoms with E-state index in [1.807, 2.05) is 28.9 Å². The highest BCUT2D eigenvalue weighted by atomic mass is 79.9. The van der Waals surface area contributed by atoms with Crippen LogP contribution in [0, 0.1) is 0 Å². The summed E-state index contributed by atoms with van der Waals surface area (Å²) in [5, 5.41) is 4.85. The third-order valence-electron chi connectivity index (χ3n) is 3.06. The largest absolute Gasteiger partial charge is 0.383 e.